The molecule has 0 aromatic heterocycles. The highest BCUT2D eigenvalue weighted by Gasteiger charge is 2.23. The van der Waals surface area contributed by atoms with Crippen LogP contribution < -0.4 is 0 Å². The molecule has 15 heavy (non-hydrogen) atoms. The van der Waals surface area contributed by atoms with Gasteiger partial charge in [0.1, 0.15) is 5.75 Å². The first-order chi connectivity index (χ1) is 6.91. The number of carbonyl (C=O) groups is 1. The molecule has 0 saturated carbocycles. The zero-order valence-corrected chi connectivity index (χ0v) is 8.70. The van der Waals surface area contributed by atoms with E-state index in [1.54, 1.807) is 13.8 Å². The van der Waals surface area contributed by atoms with Crippen LogP contribution in [0.15, 0.2) is 0 Å². The van der Waals surface area contributed by atoms with Crippen molar-refractivity contribution < 1.29 is 14.8 Å². The molecule has 0 saturated heterocycles. The van der Waals surface area contributed by atoms with Crippen LogP contribution >= 0.6 is 0 Å². The summed E-state index contributed by atoms with van der Waals surface area (Å²) in [6.45, 7) is 4.55. The van der Waals surface area contributed by atoms with Crippen LogP contribution in [0.5, 0.6) is 5.75 Å². The molecule has 0 heterocycles. The van der Waals surface area contributed by atoms with Gasteiger partial charge >= 0.3 is 0 Å². The van der Waals surface area contributed by atoms with E-state index in [4.69, 9.17) is 0 Å². The molecule has 5 heteroatoms. The van der Waals surface area contributed by atoms with Gasteiger partial charge in [-0.3, -0.25) is 14.9 Å². The first-order valence-electron chi connectivity index (χ1n) is 4.34. The highest BCUT2D eigenvalue weighted by atomic mass is 16.6. The van der Waals surface area contributed by atoms with Gasteiger partial charge in [0.25, 0.3) is 5.69 Å². The first kappa shape index (κ1) is 11.2. The Morgan fingerprint density at radius 3 is 2.13 bits per heavy atom. The van der Waals surface area contributed by atoms with Gasteiger partial charge in [0.05, 0.1) is 10.5 Å². The SMILES string of the molecule is Cc1c(C)c([N+](=O)[O-])c(C)c(C=O)c1O. The molecule has 80 valence electrons. The Morgan fingerprint density at radius 1 is 1.20 bits per heavy atom. The molecule has 0 spiro atoms. The van der Waals surface area contributed by atoms with Gasteiger partial charge in [0.2, 0.25) is 0 Å². The maximum Gasteiger partial charge on any atom is 0.276 e. The van der Waals surface area contributed by atoms with Gasteiger partial charge in [0, 0.05) is 16.7 Å². The third-order valence-electron chi connectivity index (χ3n) is 2.59. The number of phenols is 1. The Hall–Kier alpha value is -1.91. The van der Waals surface area contributed by atoms with Gasteiger partial charge < -0.3 is 5.11 Å². The van der Waals surface area contributed by atoms with Crippen molar-refractivity contribution in [1.82, 2.24) is 0 Å². The van der Waals surface area contributed by atoms with E-state index in [1.807, 2.05) is 0 Å². The lowest BCUT2D eigenvalue weighted by atomic mass is 9.97. The van der Waals surface area contributed by atoms with Crippen LogP contribution in [0.3, 0.4) is 0 Å². The summed E-state index contributed by atoms with van der Waals surface area (Å²) in [6, 6.07) is 0. The maximum atomic E-state index is 10.8. The fourth-order valence-corrected chi connectivity index (χ4v) is 1.56. The molecular formula is C10H11NO4. The lowest BCUT2D eigenvalue weighted by Gasteiger charge is -2.10. The Labute approximate surface area is 86.5 Å². The summed E-state index contributed by atoms with van der Waals surface area (Å²) >= 11 is 0. The molecule has 0 fully saturated rings. The molecule has 0 aliphatic heterocycles. The third-order valence-corrected chi connectivity index (χ3v) is 2.59. The average molecular weight is 209 g/mol. The van der Waals surface area contributed by atoms with Gasteiger partial charge in [-0.25, -0.2) is 0 Å². The van der Waals surface area contributed by atoms with Crippen LogP contribution in [-0.4, -0.2) is 16.3 Å². The number of nitro groups is 1. The fraction of sp³-hybridized carbons (Fsp3) is 0.300. The molecule has 0 amide bonds. The Kier molecular flexibility index (Phi) is 2.74. The van der Waals surface area contributed by atoms with Crippen molar-refractivity contribution in [1.29, 1.82) is 0 Å². The van der Waals surface area contributed by atoms with Crippen LogP contribution in [0.2, 0.25) is 0 Å². The van der Waals surface area contributed by atoms with Crippen molar-refractivity contribution >= 4 is 12.0 Å². The highest BCUT2D eigenvalue weighted by Crippen LogP contribution is 2.35. The predicted molar refractivity (Wildman–Crippen MR) is 54.4 cm³/mol. The van der Waals surface area contributed by atoms with Crippen LogP contribution in [-0.2, 0) is 0 Å². The summed E-state index contributed by atoms with van der Waals surface area (Å²) in [7, 11) is 0. The van der Waals surface area contributed by atoms with Crippen LogP contribution in [0.25, 0.3) is 0 Å². The molecule has 0 bridgehead atoms. The minimum absolute atomic E-state index is 0.00944. The Morgan fingerprint density at radius 2 is 1.73 bits per heavy atom. The number of phenolic OH excluding ortho intramolecular Hbond substituents is 1. The minimum atomic E-state index is -0.538. The molecule has 5 nitrogen and oxygen atoms in total. The number of hydrogen-bond donors (Lipinski definition) is 1. The zero-order valence-electron chi connectivity index (χ0n) is 8.70. The van der Waals surface area contributed by atoms with Crippen LogP contribution in [0.1, 0.15) is 27.0 Å². The van der Waals surface area contributed by atoms with E-state index in [2.05, 4.69) is 0 Å². The smallest absolute Gasteiger partial charge is 0.276 e. The lowest BCUT2D eigenvalue weighted by Crippen LogP contribution is -2.02. The highest BCUT2D eigenvalue weighted by molar-refractivity contribution is 5.85. The second-order valence-corrected chi connectivity index (χ2v) is 3.36. The fourth-order valence-electron chi connectivity index (χ4n) is 1.56. The predicted octanol–water partition coefficient (Wildman–Crippen LogP) is 2.04. The van der Waals surface area contributed by atoms with Crippen LogP contribution in [0.4, 0.5) is 5.69 Å². The van der Waals surface area contributed by atoms with Gasteiger partial charge in [-0.15, -0.1) is 0 Å². The molecule has 0 aliphatic carbocycles. The summed E-state index contributed by atoms with van der Waals surface area (Å²) in [4.78, 5) is 20.9. The Bertz CT molecular complexity index is 451. The van der Waals surface area contributed by atoms with Gasteiger partial charge in [-0.1, -0.05) is 0 Å². The Balaban J connectivity index is 3.75. The summed E-state index contributed by atoms with van der Waals surface area (Å²) in [6.07, 6.45) is 0.435. The molecule has 0 radical (unpaired) electrons. The zero-order chi connectivity index (χ0) is 11.7. The topological polar surface area (TPSA) is 80.4 Å². The number of carbonyl (C=O) groups excluding carboxylic acids is 1. The second kappa shape index (κ2) is 3.68. The van der Waals surface area contributed by atoms with E-state index < -0.39 is 4.92 Å². The van der Waals surface area contributed by atoms with E-state index in [0.717, 1.165) is 0 Å². The first-order valence-corrected chi connectivity index (χ1v) is 4.34. The number of nitro benzene ring substituents is 1. The second-order valence-electron chi connectivity index (χ2n) is 3.36. The molecule has 1 N–H and O–H groups in total. The molecule has 0 unspecified atom stereocenters. The van der Waals surface area contributed by atoms with Crippen molar-refractivity contribution in [2.75, 3.05) is 0 Å². The van der Waals surface area contributed by atoms with Crippen molar-refractivity contribution in [3.05, 3.63) is 32.4 Å². The molecule has 0 atom stereocenters. The number of benzene rings is 1. The normalized spacial score (nSPS) is 10.1. The number of aromatic hydroxyl groups is 1. The molecular weight excluding hydrogens is 198 g/mol. The quantitative estimate of drug-likeness (QED) is 0.459. The van der Waals surface area contributed by atoms with Crippen molar-refractivity contribution in [2.24, 2.45) is 0 Å². The van der Waals surface area contributed by atoms with Crippen molar-refractivity contribution in [3.8, 4) is 5.75 Å². The number of hydrogen-bond acceptors (Lipinski definition) is 4. The number of aldehydes is 1. The van der Waals surface area contributed by atoms with E-state index in [9.17, 15) is 20.0 Å². The molecule has 1 aromatic carbocycles. The number of rotatable bonds is 2. The number of nitrogens with zero attached hydrogens (tertiary/aromatic N) is 1. The van der Waals surface area contributed by atoms with Gasteiger partial charge in [-0.2, -0.15) is 0 Å². The lowest BCUT2D eigenvalue weighted by molar-refractivity contribution is -0.386. The summed E-state index contributed by atoms with van der Waals surface area (Å²) in [5, 5.41) is 20.4. The summed E-state index contributed by atoms with van der Waals surface area (Å²) in [5.41, 5.74) is 0.850. The van der Waals surface area contributed by atoms with E-state index >= 15 is 0 Å². The minimum Gasteiger partial charge on any atom is -0.507 e. The molecule has 1 aromatic rings. The van der Waals surface area contributed by atoms with Crippen LogP contribution in [0, 0.1) is 30.9 Å². The standard InChI is InChI=1S/C10H11NO4/c1-5-6(2)10(13)8(4-12)7(3)9(5)11(14)15/h4,13H,1-3H3. The molecule has 1 rings (SSSR count). The monoisotopic (exact) mass is 209 g/mol. The van der Waals surface area contributed by atoms with Crippen molar-refractivity contribution in [2.45, 2.75) is 20.8 Å². The average Bonchev–Trinajstić information content (AvgIpc) is 2.15. The van der Waals surface area contributed by atoms with Gasteiger partial charge in [0.15, 0.2) is 6.29 Å². The van der Waals surface area contributed by atoms with Gasteiger partial charge in [-0.05, 0) is 20.8 Å². The molecule has 0 aliphatic rings. The maximum absolute atomic E-state index is 10.8. The van der Waals surface area contributed by atoms with Crippen molar-refractivity contribution in [3.63, 3.8) is 0 Å². The van der Waals surface area contributed by atoms with E-state index in [1.165, 1.54) is 6.92 Å². The summed E-state index contributed by atoms with van der Waals surface area (Å²) in [5.74, 6) is -0.175. The van der Waals surface area contributed by atoms with E-state index in [0.29, 0.717) is 17.4 Å². The summed E-state index contributed by atoms with van der Waals surface area (Å²) < 4.78 is 0. The largest absolute Gasteiger partial charge is 0.507 e. The van der Waals surface area contributed by atoms with E-state index in [-0.39, 0.29) is 22.6 Å². The third kappa shape index (κ3) is 1.56.